The van der Waals surface area contributed by atoms with Gasteiger partial charge in [-0.25, -0.2) is 0 Å². The highest BCUT2D eigenvalue weighted by Gasteiger charge is 2.47. The number of fused-ring (bicyclic) bond motifs is 1. The standard InChI is InChI=1S/C25H19NO6/c1-30-18-9-5-6-15(12-18)22-21(23(27)16-10-11-19-20(13-16)32-14-31-19)24(28)25(29)26(22)17-7-3-2-4-8-17/h2-13,22,27H,14H2,1H3/b23-21-. The van der Waals surface area contributed by atoms with Crippen molar-refractivity contribution in [2.45, 2.75) is 6.04 Å². The molecule has 0 aliphatic carbocycles. The molecule has 2 aliphatic heterocycles. The molecule has 0 saturated carbocycles. The van der Waals surface area contributed by atoms with Gasteiger partial charge < -0.3 is 19.3 Å². The quantitative estimate of drug-likeness (QED) is 0.383. The summed E-state index contributed by atoms with van der Waals surface area (Å²) in [4.78, 5) is 27.7. The lowest BCUT2D eigenvalue weighted by molar-refractivity contribution is -0.132. The number of aliphatic hydroxyl groups is 1. The molecule has 7 nitrogen and oxygen atoms in total. The number of carbonyl (C=O) groups excluding carboxylic acids is 2. The zero-order valence-corrected chi connectivity index (χ0v) is 17.1. The van der Waals surface area contributed by atoms with E-state index in [2.05, 4.69) is 0 Å². The molecular formula is C25H19NO6. The van der Waals surface area contributed by atoms with Gasteiger partial charge in [-0.1, -0.05) is 30.3 Å². The van der Waals surface area contributed by atoms with E-state index in [9.17, 15) is 14.7 Å². The zero-order valence-electron chi connectivity index (χ0n) is 17.1. The number of anilines is 1. The third kappa shape index (κ3) is 3.15. The summed E-state index contributed by atoms with van der Waals surface area (Å²) in [5.41, 5.74) is 1.53. The molecule has 0 radical (unpaired) electrons. The number of benzene rings is 3. The molecule has 7 heteroatoms. The monoisotopic (exact) mass is 429 g/mol. The Morgan fingerprint density at radius 2 is 1.75 bits per heavy atom. The van der Waals surface area contributed by atoms with Crippen LogP contribution in [0.2, 0.25) is 0 Å². The lowest BCUT2D eigenvalue weighted by atomic mass is 9.95. The molecule has 0 bridgehead atoms. The Hall–Kier alpha value is -4.26. The van der Waals surface area contributed by atoms with Crippen LogP contribution in [-0.2, 0) is 9.59 Å². The summed E-state index contributed by atoms with van der Waals surface area (Å²) >= 11 is 0. The van der Waals surface area contributed by atoms with Crippen LogP contribution in [0, 0.1) is 0 Å². The van der Waals surface area contributed by atoms with Gasteiger partial charge in [0.2, 0.25) is 6.79 Å². The third-order valence-electron chi connectivity index (χ3n) is 5.53. The number of nitrogens with zero attached hydrogens (tertiary/aromatic N) is 1. The van der Waals surface area contributed by atoms with E-state index < -0.39 is 17.7 Å². The molecule has 0 aromatic heterocycles. The van der Waals surface area contributed by atoms with Crippen molar-refractivity contribution in [3.63, 3.8) is 0 Å². The number of methoxy groups -OCH3 is 1. The molecule has 1 amide bonds. The van der Waals surface area contributed by atoms with Crippen LogP contribution >= 0.6 is 0 Å². The van der Waals surface area contributed by atoms with Crippen molar-refractivity contribution in [1.29, 1.82) is 0 Å². The average molecular weight is 429 g/mol. The van der Waals surface area contributed by atoms with E-state index in [0.717, 1.165) is 0 Å². The van der Waals surface area contributed by atoms with Gasteiger partial charge in [0.15, 0.2) is 11.5 Å². The summed E-state index contributed by atoms with van der Waals surface area (Å²) < 4.78 is 16.1. The smallest absolute Gasteiger partial charge is 0.300 e. The highest BCUT2D eigenvalue weighted by molar-refractivity contribution is 6.51. The SMILES string of the molecule is COc1cccc(C2/C(=C(/O)c3ccc4c(c3)OCO4)C(=O)C(=O)N2c2ccccc2)c1. The van der Waals surface area contributed by atoms with E-state index in [1.165, 1.54) is 4.90 Å². The molecule has 1 atom stereocenters. The van der Waals surface area contributed by atoms with Crippen LogP contribution in [-0.4, -0.2) is 30.7 Å². The van der Waals surface area contributed by atoms with Crippen molar-refractivity contribution < 1.29 is 28.9 Å². The first-order valence-corrected chi connectivity index (χ1v) is 9.98. The number of rotatable bonds is 4. The van der Waals surface area contributed by atoms with Crippen LogP contribution in [0.5, 0.6) is 17.2 Å². The van der Waals surface area contributed by atoms with Crippen molar-refractivity contribution in [1.82, 2.24) is 0 Å². The van der Waals surface area contributed by atoms with Crippen LogP contribution in [0.1, 0.15) is 17.2 Å². The van der Waals surface area contributed by atoms with Crippen LogP contribution in [0.4, 0.5) is 5.69 Å². The summed E-state index contributed by atoms with van der Waals surface area (Å²) in [6.07, 6.45) is 0. The molecule has 5 rings (SSSR count). The van der Waals surface area contributed by atoms with Crippen LogP contribution in [0.15, 0.2) is 78.4 Å². The molecule has 2 aliphatic rings. The summed E-state index contributed by atoms with van der Waals surface area (Å²) in [7, 11) is 1.54. The fourth-order valence-corrected chi connectivity index (χ4v) is 4.01. The van der Waals surface area contributed by atoms with Crippen molar-refractivity contribution in [2.75, 3.05) is 18.8 Å². The molecule has 1 unspecified atom stereocenters. The van der Waals surface area contributed by atoms with E-state index in [1.807, 2.05) is 6.07 Å². The van der Waals surface area contributed by atoms with Gasteiger partial charge in [-0.3, -0.25) is 14.5 Å². The number of hydrogen-bond donors (Lipinski definition) is 1. The first-order valence-electron chi connectivity index (χ1n) is 9.98. The Bertz CT molecular complexity index is 1250. The maximum Gasteiger partial charge on any atom is 0.300 e. The molecular weight excluding hydrogens is 410 g/mol. The topological polar surface area (TPSA) is 85.3 Å². The zero-order chi connectivity index (χ0) is 22.2. The molecule has 2 heterocycles. The van der Waals surface area contributed by atoms with Gasteiger partial charge in [-0.15, -0.1) is 0 Å². The highest BCUT2D eigenvalue weighted by atomic mass is 16.7. The van der Waals surface area contributed by atoms with Gasteiger partial charge in [0.05, 0.1) is 18.7 Å². The summed E-state index contributed by atoms with van der Waals surface area (Å²) in [5.74, 6) is -0.180. The molecule has 32 heavy (non-hydrogen) atoms. The highest BCUT2D eigenvalue weighted by Crippen LogP contribution is 2.43. The average Bonchev–Trinajstić information content (AvgIpc) is 3.41. The van der Waals surface area contributed by atoms with Crippen LogP contribution in [0.3, 0.4) is 0 Å². The van der Waals surface area contributed by atoms with E-state index in [1.54, 1.807) is 73.8 Å². The Morgan fingerprint density at radius 3 is 2.53 bits per heavy atom. The molecule has 0 spiro atoms. The predicted molar refractivity (Wildman–Crippen MR) is 117 cm³/mol. The number of amides is 1. The summed E-state index contributed by atoms with van der Waals surface area (Å²) in [5, 5.41) is 11.2. The lowest BCUT2D eigenvalue weighted by Gasteiger charge is -2.25. The second kappa shape index (κ2) is 7.77. The number of ketones is 1. The van der Waals surface area contributed by atoms with Gasteiger partial charge in [0.25, 0.3) is 11.7 Å². The maximum absolute atomic E-state index is 13.2. The molecule has 1 saturated heterocycles. The van der Waals surface area contributed by atoms with Gasteiger partial charge in [-0.05, 0) is 48.0 Å². The largest absolute Gasteiger partial charge is 0.507 e. The molecule has 160 valence electrons. The van der Waals surface area contributed by atoms with Crippen LogP contribution in [0.25, 0.3) is 5.76 Å². The Morgan fingerprint density at radius 1 is 0.969 bits per heavy atom. The van der Waals surface area contributed by atoms with Gasteiger partial charge >= 0.3 is 0 Å². The molecule has 1 N–H and O–H groups in total. The minimum atomic E-state index is -0.835. The fourth-order valence-electron chi connectivity index (χ4n) is 4.01. The van der Waals surface area contributed by atoms with Crippen molar-refractivity contribution in [2.24, 2.45) is 0 Å². The van der Waals surface area contributed by atoms with Crippen molar-refractivity contribution >= 4 is 23.1 Å². The third-order valence-corrected chi connectivity index (χ3v) is 5.53. The summed E-state index contributed by atoms with van der Waals surface area (Å²) in [6.45, 7) is 0.0851. The van der Waals surface area contributed by atoms with E-state index in [0.29, 0.717) is 34.1 Å². The normalized spacial score (nSPS) is 18.8. The Labute approximate surface area is 184 Å². The number of Topliss-reactive ketones (excluding diaryl/α,β-unsaturated/α-hetero) is 1. The van der Waals surface area contributed by atoms with Gasteiger partial charge in [0.1, 0.15) is 11.5 Å². The number of hydrogen-bond acceptors (Lipinski definition) is 6. The predicted octanol–water partition coefficient (Wildman–Crippen LogP) is 4.05. The molecule has 3 aromatic carbocycles. The second-order valence-corrected chi connectivity index (χ2v) is 7.35. The summed E-state index contributed by atoms with van der Waals surface area (Å²) in [6, 6.07) is 20.0. The number of para-hydroxylation sites is 1. The van der Waals surface area contributed by atoms with Crippen molar-refractivity contribution in [3.05, 3.63) is 89.5 Å². The molecule has 1 fully saturated rings. The number of ether oxygens (including phenoxy) is 3. The van der Waals surface area contributed by atoms with E-state index in [4.69, 9.17) is 14.2 Å². The Balaban J connectivity index is 1.71. The van der Waals surface area contributed by atoms with Crippen molar-refractivity contribution in [3.8, 4) is 17.2 Å². The molecule has 3 aromatic rings. The second-order valence-electron chi connectivity index (χ2n) is 7.35. The minimum Gasteiger partial charge on any atom is -0.507 e. The lowest BCUT2D eigenvalue weighted by Crippen LogP contribution is -2.29. The fraction of sp³-hybridized carbons (Fsp3) is 0.120. The van der Waals surface area contributed by atoms with Gasteiger partial charge in [0, 0.05) is 11.3 Å². The first kappa shape index (κ1) is 19.7. The Kier molecular flexibility index (Phi) is 4.78. The van der Waals surface area contributed by atoms with E-state index in [-0.39, 0.29) is 18.1 Å². The maximum atomic E-state index is 13.2. The van der Waals surface area contributed by atoms with E-state index >= 15 is 0 Å². The van der Waals surface area contributed by atoms with Crippen LogP contribution < -0.4 is 19.1 Å². The minimum absolute atomic E-state index is 0.00836. The first-order chi connectivity index (χ1) is 15.6. The number of carbonyl (C=O) groups is 2. The van der Waals surface area contributed by atoms with Gasteiger partial charge in [-0.2, -0.15) is 0 Å². The number of aliphatic hydroxyl groups excluding tert-OH is 1.